The van der Waals surface area contributed by atoms with Crippen molar-refractivity contribution < 1.29 is 19.7 Å². The summed E-state index contributed by atoms with van der Waals surface area (Å²) >= 11 is 0. The molecule has 0 aromatic heterocycles. The van der Waals surface area contributed by atoms with E-state index in [1.807, 2.05) is 0 Å². The molecule has 1 aliphatic rings. The maximum atomic E-state index is 11.4. The van der Waals surface area contributed by atoms with E-state index in [1.165, 1.54) is 38.1 Å². The maximum Gasteiger partial charge on any atom is 0.710 e. The first-order valence-electron chi connectivity index (χ1n) is 6.91. The summed E-state index contributed by atoms with van der Waals surface area (Å²) in [6, 6.07) is 3.90. The zero-order valence-electron chi connectivity index (χ0n) is 13.0. The zero-order valence-corrected chi connectivity index (χ0v) is 13.0. The summed E-state index contributed by atoms with van der Waals surface area (Å²) in [5.74, 6) is -5.65. The van der Waals surface area contributed by atoms with E-state index in [0.29, 0.717) is 0 Å². The molecule has 2 rings (SSSR count). The van der Waals surface area contributed by atoms with Crippen LogP contribution in [-0.4, -0.2) is 25.5 Å². The smallest absolute Gasteiger partial charge is 0.264 e. The second-order valence-corrected chi connectivity index (χ2v) is 5.57. The molecule has 1 aromatic carbocycles. The number of nitro groups is 4. The van der Waals surface area contributed by atoms with Gasteiger partial charge in [0, 0.05) is 16.1 Å². The van der Waals surface area contributed by atoms with E-state index in [0.717, 1.165) is 0 Å². The van der Waals surface area contributed by atoms with Crippen molar-refractivity contribution in [1.82, 2.24) is 0 Å². The fourth-order valence-electron chi connectivity index (χ4n) is 3.22. The quantitative estimate of drug-likeness (QED) is 0.334. The summed E-state index contributed by atoms with van der Waals surface area (Å²) < 4.78 is 0. The Hall–Kier alpha value is -3.44. The van der Waals surface area contributed by atoms with E-state index >= 15 is 0 Å². The topological polar surface area (TPSA) is 173 Å². The summed E-state index contributed by atoms with van der Waals surface area (Å²) in [6.07, 6.45) is 0. The summed E-state index contributed by atoms with van der Waals surface area (Å²) in [6.45, 7) is 2.49. The first kappa shape index (κ1) is 17.9. The molecule has 0 aliphatic heterocycles. The van der Waals surface area contributed by atoms with Gasteiger partial charge in [-0.2, -0.15) is 0 Å². The molecule has 12 nitrogen and oxygen atoms in total. The van der Waals surface area contributed by atoms with Crippen LogP contribution in [0.5, 0.6) is 0 Å². The normalized spacial score (nSPS) is 19.9. The zero-order chi connectivity index (χ0) is 19.1. The van der Waals surface area contributed by atoms with Gasteiger partial charge in [0.25, 0.3) is 6.04 Å². The van der Waals surface area contributed by atoms with E-state index in [9.17, 15) is 40.5 Å². The maximum absolute atomic E-state index is 11.4. The number of benzene rings is 1. The van der Waals surface area contributed by atoms with Crippen molar-refractivity contribution in [3.63, 3.8) is 0 Å². The minimum Gasteiger partial charge on any atom is -0.264 e. The molecule has 0 heterocycles. The Morgan fingerprint density at radius 3 is 1.64 bits per heavy atom. The molecule has 0 amide bonds. The molecule has 0 unspecified atom stereocenters. The van der Waals surface area contributed by atoms with E-state index < -0.39 is 37.4 Å². The average Bonchev–Trinajstić information content (AvgIpc) is 2.50. The van der Waals surface area contributed by atoms with Crippen LogP contribution >= 0.6 is 0 Å². The molecule has 0 spiro atoms. The van der Waals surface area contributed by atoms with E-state index in [2.05, 4.69) is 0 Å². The minimum absolute atomic E-state index is 0.00336. The summed E-state index contributed by atoms with van der Waals surface area (Å²) in [7, 11) is 0. The van der Waals surface area contributed by atoms with Crippen molar-refractivity contribution in [3.05, 3.63) is 87.0 Å². The molecule has 0 bridgehead atoms. The van der Waals surface area contributed by atoms with Crippen LogP contribution < -0.4 is 0 Å². The van der Waals surface area contributed by atoms with Gasteiger partial charge >= 0.3 is 5.79 Å². The third kappa shape index (κ3) is 2.29. The SMILES string of the molecule is CC1=C(C)[C@H]([N+](=O)[O-])c2ccccc2[C@@H]1C([N+](=O)[O-])([N+](=O)[O-])[N+](=O)[O-]. The highest BCUT2D eigenvalue weighted by atomic mass is 16.7. The van der Waals surface area contributed by atoms with Gasteiger partial charge in [-0.25, -0.2) is 0 Å². The number of rotatable bonds is 5. The number of hydrogen-bond acceptors (Lipinski definition) is 8. The molecule has 25 heavy (non-hydrogen) atoms. The highest BCUT2D eigenvalue weighted by Gasteiger charge is 2.78. The van der Waals surface area contributed by atoms with Crippen LogP contribution in [0.1, 0.15) is 36.9 Å². The van der Waals surface area contributed by atoms with Crippen molar-refractivity contribution >= 4 is 0 Å². The second-order valence-electron chi connectivity index (χ2n) is 5.57. The van der Waals surface area contributed by atoms with Crippen LogP contribution in [-0.2, 0) is 0 Å². The molecule has 0 fully saturated rings. The van der Waals surface area contributed by atoms with Gasteiger partial charge in [0.15, 0.2) is 14.8 Å². The van der Waals surface area contributed by atoms with Crippen LogP contribution in [0.15, 0.2) is 35.4 Å². The van der Waals surface area contributed by atoms with Crippen molar-refractivity contribution in [3.8, 4) is 0 Å². The highest BCUT2D eigenvalue weighted by Crippen LogP contribution is 2.48. The standard InChI is InChI=1S/C13H12N4O8/c1-7-8(2)12(14(18)19)10-6-4-3-5-9(10)11(7)13(15(20)21,16(22)23)17(24)25/h3-6,11-12H,1-2H3/t11-,12+/m1/s1. The molecule has 1 aliphatic carbocycles. The lowest BCUT2D eigenvalue weighted by molar-refractivity contribution is -0.972. The molecule has 0 saturated carbocycles. The Balaban J connectivity index is 2.93. The average molecular weight is 352 g/mol. The third-order valence-corrected chi connectivity index (χ3v) is 4.47. The molecule has 1 aromatic rings. The molecule has 0 radical (unpaired) electrons. The predicted molar refractivity (Wildman–Crippen MR) is 81.0 cm³/mol. The lowest BCUT2D eigenvalue weighted by atomic mass is 9.73. The van der Waals surface area contributed by atoms with E-state index in [1.54, 1.807) is 0 Å². The molecular weight excluding hydrogens is 340 g/mol. The second kappa shape index (κ2) is 5.89. The van der Waals surface area contributed by atoms with Crippen molar-refractivity contribution in [2.75, 3.05) is 0 Å². The van der Waals surface area contributed by atoms with Gasteiger partial charge in [0.1, 0.15) is 0 Å². The molecular formula is C13H12N4O8. The summed E-state index contributed by atoms with van der Waals surface area (Å²) in [5.41, 5.74) is -0.331. The van der Waals surface area contributed by atoms with Gasteiger partial charge in [-0.1, -0.05) is 24.3 Å². The molecule has 0 N–H and O–H groups in total. The summed E-state index contributed by atoms with van der Waals surface area (Å²) in [5, 5.41) is 45.7. The Morgan fingerprint density at radius 2 is 1.24 bits per heavy atom. The van der Waals surface area contributed by atoms with Gasteiger partial charge < -0.3 is 0 Å². The molecule has 2 atom stereocenters. The van der Waals surface area contributed by atoms with Crippen LogP contribution in [0, 0.1) is 40.5 Å². The predicted octanol–water partition coefficient (Wildman–Crippen LogP) is 1.92. The van der Waals surface area contributed by atoms with Crippen molar-refractivity contribution in [2.24, 2.45) is 0 Å². The third-order valence-electron chi connectivity index (χ3n) is 4.47. The fourth-order valence-corrected chi connectivity index (χ4v) is 3.22. The minimum atomic E-state index is -3.77. The van der Waals surface area contributed by atoms with Crippen LogP contribution in [0.4, 0.5) is 0 Å². The number of fused-ring (bicyclic) bond motifs is 1. The Labute approximate surface area is 139 Å². The number of hydrogen-bond donors (Lipinski definition) is 0. The van der Waals surface area contributed by atoms with Crippen LogP contribution in [0.25, 0.3) is 0 Å². The van der Waals surface area contributed by atoms with Crippen LogP contribution in [0.2, 0.25) is 0 Å². The van der Waals surface area contributed by atoms with Gasteiger partial charge in [-0.3, -0.25) is 40.5 Å². The van der Waals surface area contributed by atoms with Gasteiger partial charge in [0.2, 0.25) is 5.92 Å². The molecule has 132 valence electrons. The highest BCUT2D eigenvalue weighted by molar-refractivity contribution is 5.47. The first-order valence-corrected chi connectivity index (χ1v) is 6.91. The van der Waals surface area contributed by atoms with Crippen molar-refractivity contribution in [1.29, 1.82) is 0 Å². The first-order chi connectivity index (χ1) is 11.6. The van der Waals surface area contributed by atoms with Crippen molar-refractivity contribution in [2.45, 2.75) is 31.6 Å². The van der Waals surface area contributed by atoms with E-state index in [-0.39, 0.29) is 22.3 Å². The fraction of sp³-hybridized carbons (Fsp3) is 0.385. The van der Waals surface area contributed by atoms with Crippen LogP contribution in [0.3, 0.4) is 0 Å². The van der Waals surface area contributed by atoms with Gasteiger partial charge in [-0.05, 0) is 25.0 Å². The van der Waals surface area contributed by atoms with Gasteiger partial charge in [-0.15, -0.1) is 0 Å². The lowest BCUT2D eigenvalue weighted by Crippen LogP contribution is -2.58. The lowest BCUT2D eigenvalue weighted by Gasteiger charge is -2.28. The summed E-state index contributed by atoms with van der Waals surface area (Å²) in [4.78, 5) is 40.4. The Bertz CT molecular complexity index is 797. The largest absolute Gasteiger partial charge is 0.710 e. The number of nitrogens with zero attached hydrogens (tertiary/aromatic N) is 4. The monoisotopic (exact) mass is 352 g/mol. The Morgan fingerprint density at radius 1 is 0.800 bits per heavy atom. The van der Waals surface area contributed by atoms with Gasteiger partial charge in [0.05, 0.1) is 0 Å². The van der Waals surface area contributed by atoms with E-state index in [4.69, 9.17) is 0 Å². The Kier molecular flexibility index (Phi) is 4.22. The molecule has 12 heteroatoms. The molecule has 0 saturated heterocycles.